The van der Waals surface area contributed by atoms with E-state index >= 15 is 0 Å². The maximum atomic E-state index is 5.94. The Kier molecular flexibility index (Phi) is 10.4. The minimum Gasteiger partial charge on any atom is -0.339 e. The van der Waals surface area contributed by atoms with E-state index in [0.717, 1.165) is 82.6 Å². The van der Waals surface area contributed by atoms with Crippen molar-refractivity contribution in [1.29, 1.82) is 0 Å². The van der Waals surface area contributed by atoms with Gasteiger partial charge in [0.1, 0.15) is 0 Å². The number of nitrogens with two attached hydrogens (primary N) is 1. The van der Waals surface area contributed by atoms with Crippen molar-refractivity contribution < 1.29 is 0 Å². The van der Waals surface area contributed by atoms with Gasteiger partial charge in [-0.3, -0.25) is 14.9 Å². The van der Waals surface area contributed by atoms with E-state index in [1.54, 1.807) is 0 Å². The van der Waals surface area contributed by atoms with Crippen LogP contribution in [0.5, 0.6) is 0 Å². The van der Waals surface area contributed by atoms with Crippen molar-refractivity contribution in [3.63, 3.8) is 0 Å². The van der Waals surface area contributed by atoms with Gasteiger partial charge in [-0.15, -0.1) is 0 Å². The number of rotatable bonds is 16. The topological polar surface area (TPSA) is 64.9 Å². The van der Waals surface area contributed by atoms with Gasteiger partial charge in [-0.25, -0.2) is 0 Å². The monoisotopic (exact) mass is 684 g/mol. The first kappa shape index (κ1) is 33.8. The molecular weight excluding hydrogens is 637 g/mol. The lowest BCUT2D eigenvalue weighted by molar-refractivity contribution is 0.246. The molecule has 0 amide bonds. The molecule has 0 bridgehead atoms. The number of pyridine rings is 2. The van der Waals surface area contributed by atoms with Gasteiger partial charge in [-0.1, -0.05) is 97.1 Å². The third kappa shape index (κ3) is 7.36. The molecule has 6 nitrogen and oxygen atoms in total. The molecule has 0 unspecified atom stereocenters. The van der Waals surface area contributed by atoms with Crippen LogP contribution in [-0.4, -0.2) is 37.1 Å². The fourth-order valence-electron chi connectivity index (χ4n) is 7.96. The summed E-state index contributed by atoms with van der Waals surface area (Å²) in [4.78, 5) is 12.6. The summed E-state index contributed by atoms with van der Waals surface area (Å²) in [7, 11) is 0. The van der Waals surface area contributed by atoms with Crippen molar-refractivity contribution in [2.75, 3.05) is 13.1 Å². The van der Waals surface area contributed by atoms with E-state index in [0.29, 0.717) is 6.54 Å². The first-order valence-corrected chi connectivity index (χ1v) is 19.0. The molecule has 0 radical (unpaired) electrons. The minimum atomic E-state index is 0.704. The maximum absolute atomic E-state index is 5.94. The highest BCUT2D eigenvalue weighted by Gasteiger charge is 2.16. The van der Waals surface area contributed by atoms with Gasteiger partial charge in [-0.05, 0) is 87.0 Å². The largest absolute Gasteiger partial charge is 0.339 e. The number of nitrogens with zero attached hydrogens (tertiary/aromatic N) is 5. The molecule has 4 aromatic carbocycles. The summed E-state index contributed by atoms with van der Waals surface area (Å²) < 4.78 is 4.92. The number of fused-ring (bicyclic) bond motifs is 6. The van der Waals surface area contributed by atoms with Crippen LogP contribution < -0.4 is 5.73 Å². The van der Waals surface area contributed by atoms with Crippen LogP contribution in [0.3, 0.4) is 0 Å². The zero-order valence-electron chi connectivity index (χ0n) is 30.0. The molecule has 4 aromatic heterocycles. The van der Waals surface area contributed by atoms with Crippen molar-refractivity contribution in [3.8, 4) is 0 Å². The standard InChI is InChI=1S/C46H48N6/c47-25-11-12-26-50(33-37-29-41-39-21-7-9-23-43(39)51(45(41)31-48-37)27-13-19-35-15-3-1-4-16-35)34-38-30-42-40-22-8-10-24-44(40)52(46(42)32-49-38)28-14-20-36-17-5-2-6-18-36/h1-10,15-18,21-24,29-32H,11-14,19-20,25-28,33-34,47H2. The molecule has 0 aliphatic heterocycles. The molecule has 0 spiro atoms. The van der Waals surface area contributed by atoms with Gasteiger partial charge in [-0.2, -0.15) is 0 Å². The number of benzene rings is 4. The molecule has 8 rings (SSSR count). The molecule has 0 saturated heterocycles. The second-order valence-electron chi connectivity index (χ2n) is 14.1. The Morgan fingerprint density at radius 1 is 0.481 bits per heavy atom. The number of hydrogen-bond donors (Lipinski definition) is 1. The van der Waals surface area contributed by atoms with E-state index in [1.807, 2.05) is 0 Å². The maximum Gasteiger partial charge on any atom is 0.0678 e. The number of aromatic nitrogens is 4. The lowest BCUT2D eigenvalue weighted by atomic mass is 10.1. The van der Waals surface area contributed by atoms with Crippen LogP contribution >= 0.6 is 0 Å². The second kappa shape index (κ2) is 15.9. The van der Waals surface area contributed by atoms with E-state index in [4.69, 9.17) is 15.7 Å². The van der Waals surface area contributed by atoms with Crippen LogP contribution in [0.1, 0.15) is 48.2 Å². The SMILES string of the molecule is NCCCCN(Cc1cc2c3ccccc3n(CCCc3ccccc3)c2cn1)Cc1cc2c3ccccc3n(CCCc3ccccc3)c2cn1. The van der Waals surface area contributed by atoms with Gasteiger partial charge in [0.05, 0.1) is 34.8 Å². The van der Waals surface area contributed by atoms with Crippen LogP contribution in [0.4, 0.5) is 0 Å². The average molecular weight is 685 g/mol. The van der Waals surface area contributed by atoms with Crippen molar-refractivity contribution in [2.45, 2.75) is 64.7 Å². The molecule has 0 aliphatic carbocycles. The van der Waals surface area contributed by atoms with Crippen molar-refractivity contribution in [2.24, 2.45) is 5.73 Å². The van der Waals surface area contributed by atoms with Crippen molar-refractivity contribution in [1.82, 2.24) is 24.0 Å². The van der Waals surface area contributed by atoms with Gasteiger partial charge in [0.15, 0.2) is 0 Å². The summed E-state index contributed by atoms with van der Waals surface area (Å²) in [6.45, 7) is 5.09. The molecule has 52 heavy (non-hydrogen) atoms. The van der Waals surface area contributed by atoms with E-state index in [1.165, 1.54) is 54.7 Å². The van der Waals surface area contributed by atoms with Crippen LogP contribution in [0, 0.1) is 0 Å². The molecule has 6 heteroatoms. The van der Waals surface area contributed by atoms with Crippen LogP contribution in [0.25, 0.3) is 43.6 Å². The molecule has 8 aromatic rings. The fraction of sp³-hybridized carbons (Fsp3) is 0.261. The number of unbranched alkanes of at least 4 members (excludes halogenated alkanes) is 1. The van der Waals surface area contributed by atoms with Gasteiger partial charge < -0.3 is 14.9 Å². The van der Waals surface area contributed by atoms with Crippen molar-refractivity contribution in [3.05, 3.63) is 156 Å². The fourth-order valence-corrected chi connectivity index (χ4v) is 7.96. The number of para-hydroxylation sites is 2. The second-order valence-corrected chi connectivity index (χ2v) is 14.1. The van der Waals surface area contributed by atoms with Gasteiger partial charge in [0.25, 0.3) is 0 Å². The Morgan fingerprint density at radius 3 is 1.42 bits per heavy atom. The van der Waals surface area contributed by atoms with E-state index in [-0.39, 0.29) is 0 Å². The zero-order chi connectivity index (χ0) is 35.1. The molecule has 4 heterocycles. The molecule has 0 aliphatic rings. The third-order valence-electron chi connectivity index (χ3n) is 10.5. The van der Waals surface area contributed by atoms with Gasteiger partial charge >= 0.3 is 0 Å². The third-order valence-corrected chi connectivity index (χ3v) is 10.5. The van der Waals surface area contributed by atoms with E-state index < -0.39 is 0 Å². The van der Waals surface area contributed by atoms with E-state index in [9.17, 15) is 0 Å². The highest BCUT2D eigenvalue weighted by molar-refractivity contribution is 6.08. The molecular formula is C46H48N6. The van der Waals surface area contributed by atoms with Crippen molar-refractivity contribution >= 4 is 43.6 Å². The molecule has 262 valence electrons. The lowest BCUT2D eigenvalue weighted by Gasteiger charge is -2.22. The first-order valence-electron chi connectivity index (χ1n) is 19.0. The normalized spacial score (nSPS) is 11.9. The Morgan fingerprint density at radius 2 is 0.942 bits per heavy atom. The Labute approximate surface area is 306 Å². The summed E-state index contributed by atoms with van der Waals surface area (Å²) in [5, 5.41) is 5.15. The summed E-state index contributed by atoms with van der Waals surface area (Å²) >= 11 is 0. The average Bonchev–Trinajstić information content (AvgIpc) is 3.67. The quantitative estimate of drug-likeness (QED) is 0.103. The predicted octanol–water partition coefficient (Wildman–Crippen LogP) is 9.70. The zero-order valence-corrected chi connectivity index (χ0v) is 30.0. The number of aryl methyl sites for hydroxylation is 4. The minimum absolute atomic E-state index is 0.704. The number of hydrogen-bond acceptors (Lipinski definition) is 4. The Balaban J connectivity index is 1.04. The summed E-state index contributed by atoms with van der Waals surface area (Å²) in [5.41, 5.74) is 15.9. The molecule has 2 N–H and O–H groups in total. The predicted molar refractivity (Wildman–Crippen MR) is 216 cm³/mol. The molecule has 0 atom stereocenters. The lowest BCUT2D eigenvalue weighted by Crippen LogP contribution is -2.25. The molecule has 0 saturated carbocycles. The molecule has 0 fully saturated rings. The highest BCUT2D eigenvalue weighted by Crippen LogP contribution is 2.32. The first-order chi connectivity index (χ1) is 25.7. The summed E-state index contributed by atoms with van der Waals surface area (Å²) in [6, 6.07) is 43.8. The Hall–Kier alpha value is -5.30. The summed E-state index contributed by atoms with van der Waals surface area (Å²) in [5.74, 6) is 0. The van der Waals surface area contributed by atoms with Gasteiger partial charge in [0, 0.05) is 58.8 Å². The van der Waals surface area contributed by atoms with E-state index in [2.05, 4.69) is 148 Å². The smallest absolute Gasteiger partial charge is 0.0678 e. The summed E-state index contributed by atoms with van der Waals surface area (Å²) in [6.07, 6.45) is 10.5. The van der Waals surface area contributed by atoms with Gasteiger partial charge in [0.2, 0.25) is 0 Å². The van der Waals surface area contributed by atoms with Crippen LogP contribution in [0.2, 0.25) is 0 Å². The van der Waals surface area contributed by atoms with Crippen LogP contribution in [0.15, 0.2) is 134 Å². The van der Waals surface area contributed by atoms with Crippen LogP contribution in [-0.2, 0) is 39.0 Å². The highest BCUT2D eigenvalue weighted by atomic mass is 15.1. The Bertz CT molecular complexity index is 2230.